The van der Waals surface area contributed by atoms with Crippen molar-refractivity contribution < 1.29 is 28.6 Å². The number of hydrogen-bond acceptors (Lipinski definition) is 6. The van der Waals surface area contributed by atoms with E-state index in [1.165, 1.54) is 148 Å². The van der Waals surface area contributed by atoms with E-state index < -0.39 is 6.10 Å². The zero-order chi connectivity index (χ0) is 38.2. The second kappa shape index (κ2) is 40.6. The van der Waals surface area contributed by atoms with Crippen molar-refractivity contribution in [3.05, 3.63) is 0 Å². The van der Waals surface area contributed by atoms with Gasteiger partial charge in [-0.05, 0) is 25.2 Å². The molecule has 0 aromatic heterocycles. The van der Waals surface area contributed by atoms with Crippen molar-refractivity contribution in [3.8, 4) is 0 Å². The molecule has 0 aliphatic heterocycles. The summed E-state index contributed by atoms with van der Waals surface area (Å²) in [5.74, 6) is -0.0297. The average molecular weight is 737 g/mol. The van der Waals surface area contributed by atoms with Gasteiger partial charge in [-0.15, -0.1) is 0 Å². The largest absolute Gasteiger partial charge is 0.462 e. The highest BCUT2D eigenvalue weighted by molar-refractivity contribution is 5.71. The Kier molecular flexibility index (Phi) is 39.4. The molecule has 1 atom stereocenters. The van der Waals surface area contributed by atoms with Gasteiger partial charge in [0, 0.05) is 19.3 Å². The first-order chi connectivity index (χ1) is 25.4. The molecule has 0 aliphatic rings. The SMILES string of the molecule is CCCCCCCCCCCCCC(=O)OC[C@H](COC(=O)CCCCCCCCCCCCCC(C)C)OC(=O)CCCCCCCCCCC. The fraction of sp³-hybridized carbons (Fsp3) is 0.935. The summed E-state index contributed by atoms with van der Waals surface area (Å²) >= 11 is 0. The lowest BCUT2D eigenvalue weighted by atomic mass is 10.0. The zero-order valence-electron chi connectivity index (χ0n) is 35.3. The van der Waals surface area contributed by atoms with Crippen LogP contribution in [0.5, 0.6) is 0 Å². The first-order valence-electron chi connectivity index (χ1n) is 22.9. The van der Waals surface area contributed by atoms with Gasteiger partial charge in [0.1, 0.15) is 13.2 Å². The van der Waals surface area contributed by atoms with Gasteiger partial charge in [-0.1, -0.05) is 214 Å². The quantitative estimate of drug-likeness (QED) is 0.0353. The Labute approximate surface area is 323 Å². The second-order valence-corrected chi connectivity index (χ2v) is 16.2. The van der Waals surface area contributed by atoms with Crippen molar-refractivity contribution in [1.29, 1.82) is 0 Å². The summed E-state index contributed by atoms with van der Waals surface area (Å²) in [6.07, 6.45) is 39.4. The van der Waals surface area contributed by atoms with E-state index in [9.17, 15) is 14.4 Å². The van der Waals surface area contributed by atoms with Crippen molar-refractivity contribution in [2.45, 2.75) is 259 Å². The van der Waals surface area contributed by atoms with Crippen molar-refractivity contribution in [3.63, 3.8) is 0 Å². The van der Waals surface area contributed by atoms with E-state index in [0.29, 0.717) is 19.3 Å². The number of carbonyl (C=O) groups excluding carboxylic acids is 3. The molecule has 0 rings (SSSR count). The maximum Gasteiger partial charge on any atom is 0.306 e. The molecular formula is C46H88O6. The van der Waals surface area contributed by atoms with Crippen LogP contribution in [-0.4, -0.2) is 37.2 Å². The van der Waals surface area contributed by atoms with E-state index in [1.54, 1.807) is 0 Å². The molecule has 0 bridgehead atoms. The van der Waals surface area contributed by atoms with Gasteiger partial charge in [0.15, 0.2) is 6.10 Å². The van der Waals surface area contributed by atoms with E-state index >= 15 is 0 Å². The summed E-state index contributed by atoms with van der Waals surface area (Å²) in [6.45, 7) is 8.97. The van der Waals surface area contributed by atoms with E-state index in [2.05, 4.69) is 27.7 Å². The van der Waals surface area contributed by atoms with Crippen molar-refractivity contribution in [2.75, 3.05) is 13.2 Å². The molecule has 0 amide bonds. The third-order valence-electron chi connectivity index (χ3n) is 10.3. The molecule has 0 aromatic rings. The Balaban J connectivity index is 4.29. The van der Waals surface area contributed by atoms with Crippen LogP contribution in [0.25, 0.3) is 0 Å². The molecule has 0 radical (unpaired) electrons. The Bertz CT molecular complexity index is 781. The van der Waals surface area contributed by atoms with Crippen LogP contribution in [0.3, 0.4) is 0 Å². The molecule has 6 heteroatoms. The molecule has 0 unspecified atom stereocenters. The van der Waals surface area contributed by atoms with E-state index in [0.717, 1.165) is 63.7 Å². The first-order valence-corrected chi connectivity index (χ1v) is 22.9. The highest BCUT2D eigenvalue weighted by Gasteiger charge is 2.19. The van der Waals surface area contributed by atoms with Crippen molar-refractivity contribution in [2.24, 2.45) is 5.92 Å². The number of ether oxygens (including phenoxy) is 3. The van der Waals surface area contributed by atoms with Gasteiger partial charge >= 0.3 is 17.9 Å². The summed E-state index contributed by atoms with van der Waals surface area (Å²) < 4.78 is 16.7. The van der Waals surface area contributed by atoms with Crippen LogP contribution in [0.15, 0.2) is 0 Å². The lowest BCUT2D eigenvalue weighted by Gasteiger charge is -2.18. The van der Waals surface area contributed by atoms with Crippen molar-refractivity contribution in [1.82, 2.24) is 0 Å². The van der Waals surface area contributed by atoms with Crippen LogP contribution in [0, 0.1) is 5.92 Å². The average Bonchev–Trinajstić information content (AvgIpc) is 3.12. The maximum absolute atomic E-state index is 12.7. The lowest BCUT2D eigenvalue weighted by Crippen LogP contribution is -2.30. The van der Waals surface area contributed by atoms with Crippen LogP contribution >= 0.6 is 0 Å². The minimum atomic E-state index is -0.758. The standard InChI is InChI=1S/C46H88O6/c1-5-7-9-11-13-15-17-22-25-29-33-37-44(47)50-40-43(52-46(49)39-35-31-27-20-14-12-10-8-6-2)41-51-45(48)38-34-30-26-23-19-16-18-21-24-28-32-36-42(3)4/h42-43H,5-41H2,1-4H3/t43-/m1/s1. The Morgan fingerprint density at radius 1 is 0.365 bits per heavy atom. The molecule has 0 spiro atoms. The number of hydrogen-bond donors (Lipinski definition) is 0. The molecule has 0 N–H and O–H groups in total. The number of carbonyl (C=O) groups is 3. The van der Waals surface area contributed by atoms with E-state index in [1.807, 2.05) is 0 Å². The molecule has 0 fully saturated rings. The molecule has 308 valence electrons. The fourth-order valence-electron chi connectivity index (χ4n) is 6.80. The molecule has 0 saturated heterocycles. The predicted molar refractivity (Wildman–Crippen MR) is 220 cm³/mol. The second-order valence-electron chi connectivity index (χ2n) is 16.2. The molecule has 0 aliphatic carbocycles. The Hall–Kier alpha value is -1.59. The minimum absolute atomic E-state index is 0.0639. The topological polar surface area (TPSA) is 78.9 Å². The van der Waals surface area contributed by atoms with Crippen LogP contribution in [0.1, 0.15) is 252 Å². The lowest BCUT2D eigenvalue weighted by molar-refractivity contribution is -0.167. The Morgan fingerprint density at radius 3 is 0.942 bits per heavy atom. The maximum atomic E-state index is 12.7. The van der Waals surface area contributed by atoms with E-state index in [-0.39, 0.29) is 31.1 Å². The molecule has 0 aromatic carbocycles. The van der Waals surface area contributed by atoms with Gasteiger partial charge in [-0.25, -0.2) is 0 Å². The fourth-order valence-corrected chi connectivity index (χ4v) is 6.80. The smallest absolute Gasteiger partial charge is 0.306 e. The highest BCUT2D eigenvalue weighted by atomic mass is 16.6. The minimum Gasteiger partial charge on any atom is -0.462 e. The Morgan fingerprint density at radius 2 is 0.635 bits per heavy atom. The normalized spacial score (nSPS) is 11.9. The van der Waals surface area contributed by atoms with Crippen LogP contribution < -0.4 is 0 Å². The van der Waals surface area contributed by atoms with Crippen LogP contribution in [0.4, 0.5) is 0 Å². The first kappa shape index (κ1) is 50.4. The number of unbranched alkanes of at least 4 members (excludes halogenated alkanes) is 28. The van der Waals surface area contributed by atoms with Gasteiger partial charge in [0.05, 0.1) is 0 Å². The van der Waals surface area contributed by atoms with E-state index in [4.69, 9.17) is 14.2 Å². The molecular weight excluding hydrogens is 648 g/mol. The predicted octanol–water partition coefficient (Wildman–Crippen LogP) is 14.3. The monoisotopic (exact) mass is 737 g/mol. The van der Waals surface area contributed by atoms with Crippen LogP contribution in [-0.2, 0) is 28.6 Å². The molecule has 52 heavy (non-hydrogen) atoms. The number of rotatable bonds is 41. The summed E-state index contributed by atoms with van der Waals surface area (Å²) in [5.41, 5.74) is 0. The summed E-state index contributed by atoms with van der Waals surface area (Å²) in [6, 6.07) is 0. The third kappa shape index (κ3) is 39.6. The summed E-state index contributed by atoms with van der Waals surface area (Å²) in [7, 11) is 0. The summed E-state index contributed by atoms with van der Waals surface area (Å²) in [4.78, 5) is 37.6. The molecule has 0 saturated carbocycles. The van der Waals surface area contributed by atoms with Crippen molar-refractivity contribution >= 4 is 17.9 Å². The van der Waals surface area contributed by atoms with Gasteiger partial charge in [0.25, 0.3) is 0 Å². The molecule has 0 heterocycles. The third-order valence-corrected chi connectivity index (χ3v) is 10.3. The number of esters is 3. The zero-order valence-corrected chi connectivity index (χ0v) is 35.3. The van der Waals surface area contributed by atoms with Gasteiger partial charge in [0.2, 0.25) is 0 Å². The molecule has 6 nitrogen and oxygen atoms in total. The van der Waals surface area contributed by atoms with Gasteiger partial charge < -0.3 is 14.2 Å². The van der Waals surface area contributed by atoms with Gasteiger partial charge in [-0.2, -0.15) is 0 Å². The van der Waals surface area contributed by atoms with Crippen LogP contribution in [0.2, 0.25) is 0 Å². The highest BCUT2D eigenvalue weighted by Crippen LogP contribution is 2.16. The summed E-state index contributed by atoms with van der Waals surface area (Å²) in [5, 5.41) is 0. The van der Waals surface area contributed by atoms with Gasteiger partial charge in [-0.3, -0.25) is 14.4 Å².